The van der Waals surface area contributed by atoms with Crippen molar-refractivity contribution in [2.24, 2.45) is 5.73 Å². The van der Waals surface area contributed by atoms with E-state index in [4.69, 9.17) is 5.73 Å². The van der Waals surface area contributed by atoms with Crippen molar-refractivity contribution >= 4 is 5.69 Å². The Hall–Kier alpha value is -1.80. The third-order valence-electron chi connectivity index (χ3n) is 4.30. The average molecular weight is 266 g/mol. The fraction of sp³-hybridized carbons (Fsp3) is 0.333. The molecule has 0 saturated heterocycles. The molecule has 2 heteroatoms. The van der Waals surface area contributed by atoms with E-state index in [9.17, 15) is 0 Å². The maximum Gasteiger partial charge on any atom is 0.0432 e. The van der Waals surface area contributed by atoms with E-state index in [1.165, 1.54) is 22.4 Å². The van der Waals surface area contributed by atoms with Crippen molar-refractivity contribution in [3.63, 3.8) is 0 Å². The van der Waals surface area contributed by atoms with E-state index in [-0.39, 0.29) is 0 Å². The molecule has 0 bridgehead atoms. The van der Waals surface area contributed by atoms with Crippen LogP contribution in [0.4, 0.5) is 5.69 Å². The minimum atomic E-state index is 0.584. The quantitative estimate of drug-likeness (QED) is 0.918. The zero-order chi connectivity index (χ0) is 13.9. The summed E-state index contributed by atoms with van der Waals surface area (Å²) in [5.41, 5.74) is 11.4. The molecule has 1 heterocycles. The van der Waals surface area contributed by atoms with Crippen molar-refractivity contribution in [2.75, 3.05) is 18.0 Å². The molecule has 1 atom stereocenters. The summed E-state index contributed by atoms with van der Waals surface area (Å²) in [7, 11) is 0. The van der Waals surface area contributed by atoms with Crippen molar-refractivity contribution in [3.05, 3.63) is 65.2 Å². The minimum absolute atomic E-state index is 0.584. The number of hydrogen-bond acceptors (Lipinski definition) is 2. The second-order valence-electron chi connectivity index (χ2n) is 5.64. The summed E-state index contributed by atoms with van der Waals surface area (Å²) < 4.78 is 0. The van der Waals surface area contributed by atoms with Gasteiger partial charge in [0.2, 0.25) is 0 Å². The van der Waals surface area contributed by atoms with E-state index in [1.807, 2.05) is 0 Å². The predicted octanol–water partition coefficient (Wildman–Crippen LogP) is 3.45. The van der Waals surface area contributed by atoms with Crippen LogP contribution in [-0.2, 0) is 6.54 Å². The van der Waals surface area contributed by atoms with Crippen molar-refractivity contribution < 1.29 is 0 Å². The monoisotopic (exact) mass is 266 g/mol. The second-order valence-corrected chi connectivity index (χ2v) is 5.64. The number of fused-ring (bicyclic) bond motifs is 1. The molecule has 3 rings (SSSR count). The predicted molar refractivity (Wildman–Crippen MR) is 85.1 cm³/mol. The lowest BCUT2D eigenvalue weighted by Crippen LogP contribution is -2.22. The lowest BCUT2D eigenvalue weighted by Gasteiger charge is -2.21. The summed E-state index contributed by atoms with van der Waals surface area (Å²) in [5.74, 6) is 0.584. The third kappa shape index (κ3) is 2.44. The molecule has 0 amide bonds. The topological polar surface area (TPSA) is 29.3 Å². The van der Waals surface area contributed by atoms with Crippen molar-refractivity contribution in [1.29, 1.82) is 0 Å². The summed E-state index contributed by atoms with van der Waals surface area (Å²) >= 11 is 0. The highest BCUT2D eigenvalue weighted by Gasteiger charge is 2.27. The molecule has 104 valence electrons. The Labute approximate surface area is 121 Å². The van der Waals surface area contributed by atoms with Gasteiger partial charge in [0.15, 0.2) is 0 Å². The molecule has 1 aliphatic rings. The van der Waals surface area contributed by atoms with E-state index in [2.05, 4.69) is 60.4 Å². The van der Waals surface area contributed by atoms with Crippen LogP contribution in [0.15, 0.2) is 48.5 Å². The Kier molecular flexibility index (Phi) is 3.75. The van der Waals surface area contributed by atoms with Gasteiger partial charge in [-0.25, -0.2) is 0 Å². The smallest absolute Gasteiger partial charge is 0.0432 e. The average Bonchev–Trinajstić information content (AvgIpc) is 2.81. The van der Waals surface area contributed by atoms with Gasteiger partial charge in [-0.3, -0.25) is 0 Å². The number of benzene rings is 2. The van der Waals surface area contributed by atoms with E-state index < -0.39 is 0 Å². The Morgan fingerprint density at radius 3 is 2.65 bits per heavy atom. The highest BCUT2D eigenvalue weighted by Crippen LogP contribution is 2.38. The standard InChI is InChI=1S/C18H22N2/c1-14-6-2-3-7-15(14)12-20-13-16(10-11-19)17-8-4-5-9-18(17)20/h2-9,16H,10-13,19H2,1H3. The molecule has 2 aromatic carbocycles. The van der Waals surface area contributed by atoms with Crippen LogP contribution in [0.2, 0.25) is 0 Å². The Bertz CT molecular complexity index is 591. The number of para-hydroxylation sites is 1. The van der Waals surface area contributed by atoms with Gasteiger partial charge in [0, 0.05) is 24.7 Å². The number of rotatable bonds is 4. The first-order valence-electron chi connectivity index (χ1n) is 7.38. The minimum Gasteiger partial charge on any atom is -0.366 e. The summed E-state index contributed by atoms with van der Waals surface area (Å²) in [6.45, 7) is 5.03. The number of hydrogen-bond donors (Lipinski definition) is 1. The van der Waals surface area contributed by atoms with Crippen molar-refractivity contribution in [1.82, 2.24) is 0 Å². The molecule has 0 fully saturated rings. The van der Waals surface area contributed by atoms with Gasteiger partial charge in [-0.2, -0.15) is 0 Å². The Balaban J connectivity index is 1.87. The van der Waals surface area contributed by atoms with E-state index in [1.54, 1.807) is 0 Å². The van der Waals surface area contributed by atoms with Gasteiger partial charge < -0.3 is 10.6 Å². The largest absolute Gasteiger partial charge is 0.366 e. The van der Waals surface area contributed by atoms with Crippen LogP contribution in [0.1, 0.15) is 29.0 Å². The van der Waals surface area contributed by atoms with E-state index >= 15 is 0 Å². The molecule has 0 spiro atoms. The van der Waals surface area contributed by atoms with Crippen LogP contribution in [-0.4, -0.2) is 13.1 Å². The van der Waals surface area contributed by atoms with E-state index in [0.717, 1.165) is 26.1 Å². The third-order valence-corrected chi connectivity index (χ3v) is 4.30. The van der Waals surface area contributed by atoms with Gasteiger partial charge in [-0.15, -0.1) is 0 Å². The maximum absolute atomic E-state index is 5.77. The molecule has 0 aliphatic carbocycles. The molecule has 2 N–H and O–H groups in total. The van der Waals surface area contributed by atoms with E-state index in [0.29, 0.717) is 5.92 Å². The zero-order valence-corrected chi connectivity index (χ0v) is 12.0. The van der Waals surface area contributed by atoms with Crippen LogP contribution >= 0.6 is 0 Å². The van der Waals surface area contributed by atoms with Gasteiger partial charge in [-0.1, -0.05) is 42.5 Å². The number of anilines is 1. The molecule has 20 heavy (non-hydrogen) atoms. The summed E-state index contributed by atoms with van der Waals surface area (Å²) in [6.07, 6.45) is 1.07. The fourth-order valence-corrected chi connectivity index (χ4v) is 3.17. The lowest BCUT2D eigenvalue weighted by molar-refractivity contribution is 0.643. The van der Waals surface area contributed by atoms with Gasteiger partial charge in [0.05, 0.1) is 0 Å². The molecule has 2 nitrogen and oxygen atoms in total. The summed E-state index contributed by atoms with van der Waals surface area (Å²) in [5, 5.41) is 0. The molecule has 0 radical (unpaired) electrons. The number of aryl methyl sites for hydroxylation is 1. The van der Waals surface area contributed by atoms with Crippen LogP contribution in [0.3, 0.4) is 0 Å². The molecule has 2 aromatic rings. The van der Waals surface area contributed by atoms with Gasteiger partial charge in [-0.05, 0) is 42.6 Å². The fourth-order valence-electron chi connectivity index (χ4n) is 3.17. The molecule has 0 aromatic heterocycles. The highest BCUT2D eigenvalue weighted by atomic mass is 15.2. The van der Waals surface area contributed by atoms with Gasteiger partial charge >= 0.3 is 0 Å². The molecular weight excluding hydrogens is 244 g/mol. The Morgan fingerprint density at radius 2 is 1.85 bits per heavy atom. The normalized spacial score (nSPS) is 17.3. The number of nitrogens with zero attached hydrogens (tertiary/aromatic N) is 1. The molecule has 1 aliphatic heterocycles. The van der Waals surface area contributed by atoms with Crippen molar-refractivity contribution in [3.8, 4) is 0 Å². The highest BCUT2D eigenvalue weighted by molar-refractivity contribution is 5.60. The van der Waals surface area contributed by atoms with Crippen molar-refractivity contribution in [2.45, 2.75) is 25.8 Å². The SMILES string of the molecule is Cc1ccccc1CN1CC(CCN)c2ccccc21. The first-order chi connectivity index (χ1) is 9.79. The van der Waals surface area contributed by atoms with Crippen LogP contribution < -0.4 is 10.6 Å². The zero-order valence-electron chi connectivity index (χ0n) is 12.0. The van der Waals surface area contributed by atoms with Crippen LogP contribution in [0.25, 0.3) is 0 Å². The first-order valence-corrected chi connectivity index (χ1v) is 7.38. The van der Waals surface area contributed by atoms with Gasteiger partial charge in [0.25, 0.3) is 0 Å². The maximum atomic E-state index is 5.77. The molecular formula is C18H22N2. The molecule has 1 unspecified atom stereocenters. The van der Waals surface area contributed by atoms with Gasteiger partial charge in [0.1, 0.15) is 0 Å². The second kappa shape index (κ2) is 5.68. The first kappa shape index (κ1) is 13.2. The summed E-state index contributed by atoms with van der Waals surface area (Å²) in [4.78, 5) is 2.50. The van der Waals surface area contributed by atoms with Crippen LogP contribution in [0.5, 0.6) is 0 Å². The number of nitrogens with two attached hydrogens (primary N) is 1. The Morgan fingerprint density at radius 1 is 1.10 bits per heavy atom. The molecule has 0 saturated carbocycles. The summed E-state index contributed by atoms with van der Waals surface area (Å²) in [6, 6.07) is 17.4. The lowest BCUT2D eigenvalue weighted by atomic mass is 9.98. The van der Waals surface area contributed by atoms with Crippen LogP contribution in [0, 0.1) is 6.92 Å².